The lowest BCUT2D eigenvalue weighted by molar-refractivity contribution is 0.101. The van der Waals surface area contributed by atoms with Crippen molar-refractivity contribution in [2.75, 3.05) is 19.0 Å². The average molecular weight is 450 g/mol. The number of amides is 1. The molecule has 0 bridgehead atoms. The molecule has 3 aromatic carbocycles. The minimum atomic E-state index is -0.413. The smallest absolute Gasteiger partial charge is 0.255 e. The van der Waals surface area contributed by atoms with Crippen molar-refractivity contribution < 1.29 is 23.5 Å². The van der Waals surface area contributed by atoms with Crippen LogP contribution in [0, 0.1) is 0 Å². The highest BCUT2D eigenvalue weighted by Gasteiger charge is 2.24. The Kier molecular flexibility index (Phi) is 6.14. The molecular weight excluding hydrogens is 430 g/mol. The maximum absolute atomic E-state index is 13.3. The highest BCUT2D eigenvalue weighted by atomic mass is 35.5. The number of para-hydroxylation sites is 1. The number of methoxy groups -OCH3 is 1. The molecule has 0 saturated heterocycles. The van der Waals surface area contributed by atoms with Crippen molar-refractivity contribution in [3.05, 3.63) is 88.6 Å². The Morgan fingerprint density at radius 3 is 2.56 bits per heavy atom. The molecule has 0 saturated carbocycles. The first-order chi connectivity index (χ1) is 15.5. The van der Waals surface area contributed by atoms with Crippen LogP contribution in [-0.2, 0) is 0 Å². The van der Waals surface area contributed by atoms with Crippen molar-refractivity contribution in [3.63, 3.8) is 0 Å². The molecule has 1 amide bonds. The lowest BCUT2D eigenvalue weighted by atomic mass is 10.1. The number of fused-ring (bicyclic) bond motifs is 1. The van der Waals surface area contributed by atoms with Gasteiger partial charge in [0.05, 0.1) is 24.4 Å². The van der Waals surface area contributed by atoms with E-state index in [1.807, 2.05) is 13.0 Å². The summed E-state index contributed by atoms with van der Waals surface area (Å²) in [5.41, 5.74) is 1.48. The van der Waals surface area contributed by atoms with Crippen LogP contribution in [0.5, 0.6) is 11.5 Å². The van der Waals surface area contributed by atoms with Gasteiger partial charge in [0.2, 0.25) is 5.78 Å². The molecule has 0 spiro atoms. The van der Waals surface area contributed by atoms with E-state index in [1.54, 1.807) is 54.6 Å². The summed E-state index contributed by atoms with van der Waals surface area (Å²) in [6.07, 6.45) is 0. The SMILES string of the molecule is CCOc1cccc(C(=O)Nc2c(C(=O)c3ccc(OC)c(Cl)c3)oc3ccccc23)c1. The van der Waals surface area contributed by atoms with Gasteiger partial charge in [-0.05, 0) is 55.5 Å². The van der Waals surface area contributed by atoms with Crippen LogP contribution in [0.25, 0.3) is 11.0 Å². The molecule has 4 aromatic rings. The number of halogens is 1. The maximum atomic E-state index is 13.3. The van der Waals surface area contributed by atoms with Gasteiger partial charge in [-0.25, -0.2) is 0 Å². The normalized spacial score (nSPS) is 10.7. The lowest BCUT2D eigenvalue weighted by Gasteiger charge is -2.09. The molecule has 1 heterocycles. The van der Waals surface area contributed by atoms with Crippen LogP contribution in [0.3, 0.4) is 0 Å². The van der Waals surface area contributed by atoms with Gasteiger partial charge in [0, 0.05) is 16.5 Å². The zero-order chi connectivity index (χ0) is 22.7. The van der Waals surface area contributed by atoms with Crippen molar-refractivity contribution in [1.29, 1.82) is 0 Å². The van der Waals surface area contributed by atoms with Crippen LogP contribution in [0.2, 0.25) is 5.02 Å². The van der Waals surface area contributed by atoms with E-state index in [2.05, 4.69) is 5.32 Å². The number of anilines is 1. The standard InChI is InChI=1S/C25H20ClNO5/c1-3-31-17-8-6-7-16(13-17)25(29)27-22-18-9-4-5-10-20(18)32-24(22)23(28)15-11-12-21(30-2)19(26)14-15/h4-14H,3H2,1-2H3,(H,27,29). The number of nitrogens with one attached hydrogen (secondary N) is 1. The van der Waals surface area contributed by atoms with Crippen LogP contribution in [0.15, 0.2) is 71.1 Å². The van der Waals surface area contributed by atoms with Gasteiger partial charge in [0.15, 0.2) is 5.76 Å². The number of carbonyl (C=O) groups excluding carboxylic acids is 2. The minimum Gasteiger partial charge on any atom is -0.495 e. The number of furan rings is 1. The Hall–Kier alpha value is -3.77. The summed E-state index contributed by atoms with van der Waals surface area (Å²) in [4.78, 5) is 26.3. The Morgan fingerprint density at radius 1 is 1.00 bits per heavy atom. The number of carbonyl (C=O) groups is 2. The molecule has 1 aromatic heterocycles. The van der Waals surface area contributed by atoms with Gasteiger partial charge in [-0.2, -0.15) is 0 Å². The van der Waals surface area contributed by atoms with E-state index < -0.39 is 5.78 Å². The summed E-state index contributed by atoms with van der Waals surface area (Å²) < 4.78 is 16.5. The van der Waals surface area contributed by atoms with E-state index in [0.29, 0.717) is 50.9 Å². The first-order valence-electron chi connectivity index (χ1n) is 9.95. The molecule has 0 radical (unpaired) electrons. The fourth-order valence-electron chi connectivity index (χ4n) is 3.35. The molecular formula is C25H20ClNO5. The molecule has 32 heavy (non-hydrogen) atoms. The fourth-order valence-corrected chi connectivity index (χ4v) is 3.61. The van der Waals surface area contributed by atoms with Gasteiger partial charge < -0.3 is 19.2 Å². The summed E-state index contributed by atoms with van der Waals surface area (Å²) in [5.74, 6) is 0.252. The third-order valence-corrected chi connectivity index (χ3v) is 5.16. The molecule has 0 unspecified atom stereocenters. The molecule has 0 aliphatic rings. The third kappa shape index (κ3) is 4.18. The number of ether oxygens (including phenoxy) is 2. The molecule has 0 aliphatic carbocycles. The Balaban J connectivity index is 1.74. The van der Waals surface area contributed by atoms with E-state index in [4.69, 9.17) is 25.5 Å². The van der Waals surface area contributed by atoms with Crippen molar-refractivity contribution in [1.82, 2.24) is 0 Å². The van der Waals surface area contributed by atoms with E-state index >= 15 is 0 Å². The summed E-state index contributed by atoms with van der Waals surface area (Å²) in [6.45, 7) is 2.36. The van der Waals surface area contributed by atoms with Crippen LogP contribution >= 0.6 is 11.6 Å². The summed E-state index contributed by atoms with van der Waals surface area (Å²) in [6, 6.07) is 18.6. The van der Waals surface area contributed by atoms with Crippen LogP contribution in [0.1, 0.15) is 33.4 Å². The predicted octanol–water partition coefficient (Wildman–Crippen LogP) is 5.98. The average Bonchev–Trinajstić information content (AvgIpc) is 3.17. The zero-order valence-corrected chi connectivity index (χ0v) is 18.2. The van der Waals surface area contributed by atoms with E-state index in [-0.39, 0.29) is 11.7 Å². The van der Waals surface area contributed by atoms with E-state index in [0.717, 1.165) is 0 Å². The quantitative estimate of drug-likeness (QED) is 0.351. The van der Waals surface area contributed by atoms with Gasteiger partial charge in [-0.15, -0.1) is 0 Å². The van der Waals surface area contributed by atoms with Crippen LogP contribution in [-0.4, -0.2) is 25.4 Å². The Bertz CT molecular complexity index is 1310. The number of rotatable bonds is 7. The van der Waals surface area contributed by atoms with E-state index in [9.17, 15) is 9.59 Å². The second-order valence-corrected chi connectivity index (χ2v) is 7.30. The monoisotopic (exact) mass is 449 g/mol. The van der Waals surface area contributed by atoms with Gasteiger partial charge >= 0.3 is 0 Å². The summed E-state index contributed by atoms with van der Waals surface area (Å²) in [7, 11) is 1.50. The molecule has 0 aliphatic heterocycles. The molecule has 162 valence electrons. The molecule has 0 fully saturated rings. The molecule has 6 nitrogen and oxygen atoms in total. The Morgan fingerprint density at radius 2 is 1.81 bits per heavy atom. The molecule has 1 N–H and O–H groups in total. The van der Waals surface area contributed by atoms with Crippen molar-refractivity contribution in [3.8, 4) is 11.5 Å². The first-order valence-corrected chi connectivity index (χ1v) is 10.3. The first kappa shape index (κ1) is 21.5. The molecule has 0 atom stereocenters. The fraction of sp³-hybridized carbons (Fsp3) is 0.120. The largest absolute Gasteiger partial charge is 0.495 e. The van der Waals surface area contributed by atoms with E-state index in [1.165, 1.54) is 13.2 Å². The lowest BCUT2D eigenvalue weighted by Crippen LogP contribution is -2.14. The zero-order valence-electron chi connectivity index (χ0n) is 17.5. The molecule has 4 rings (SSSR count). The van der Waals surface area contributed by atoms with Crippen LogP contribution in [0.4, 0.5) is 5.69 Å². The van der Waals surface area contributed by atoms with Crippen molar-refractivity contribution in [2.24, 2.45) is 0 Å². The number of hydrogen-bond donors (Lipinski definition) is 1. The summed E-state index contributed by atoms with van der Waals surface area (Å²) >= 11 is 6.19. The minimum absolute atomic E-state index is 0.0155. The summed E-state index contributed by atoms with van der Waals surface area (Å²) in [5, 5.41) is 3.75. The van der Waals surface area contributed by atoms with Crippen molar-refractivity contribution in [2.45, 2.75) is 6.92 Å². The van der Waals surface area contributed by atoms with Crippen LogP contribution < -0.4 is 14.8 Å². The number of benzene rings is 3. The highest BCUT2D eigenvalue weighted by Crippen LogP contribution is 2.34. The second-order valence-electron chi connectivity index (χ2n) is 6.90. The van der Waals surface area contributed by atoms with Gasteiger partial charge in [-0.1, -0.05) is 29.8 Å². The number of ketones is 1. The maximum Gasteiger partial charge on any atom is 0.255 e. The second kappa shape index (κ2) is 9.16. The topological polar surface area (TPSA) is 77.8 Å². The van der Waals surface area contributed by atoms with Crippen molar-refractivity contribution >= 4 is 39.9 Å². The third-order valence-electron chi connectivity index (χ3n) is 4.86. The van der Waals surface area contributed by atoms with Gasteiger partial charge in [-0.3, -0.25) is 9.59 Å². The van der Waals surface area contributed by atoms with Gasteiger partial charge in [0.1, 0.15) is 17.1 Å². The van der Waals surface area contributed by atoms with Gasteiger partial charge in [0.25, 0.3) is 5.91 Å². The Labute approximate surface area is 189 Å². The molecule has 7 heteroatoms. The predicted molar refractivity (Wildman–Crippen MR) is 123 cm³/mol. The number of hydrogen-bond acceptors (Lipinski definition) is 5. The highest BCUT2D eigenvalue weighted by molar-refractivity contribution is 6.32.